The van der Waals surface area contributed by atoms with Gasteiger partial charge in [-0.2, -0.15) is 0 Å². The molecule has 2 heterocycles. The van der Waals surface area contributed by atoms with E-state index in [1.807, 2.05) is 23.6 Å². The highest BCUT2D eigenvalue weighted by Crippen LogP contribution is 2.30. The van der Waals surface area contributed by atoms with Crippen molar-refractivity contribution in [2.24, 2.45) is 0 Å². The van der Waals surface area contributed by atoms with E-state index in [0.29, 0.717) is 11.3 Å². The number of aromatic nitrogens is 1. The average molecular weight is 439 g/mol. The molecule has 1 N–H and O–H groups in total. The van der Waals surface area contributed by atoms with Crippen LogP contribution in [0.15, 0.2) is 53.9 Å². The van der Waals surface area contributed by atoms with E-state index in [1.54, 1.807) is 17.4 Å². The number of rotatable bonds is 5. The SMILES string of the molecule is CC1CN(c2nc(-c3cccc(NC(=O)c4ccc([N+](=O)[O-])cc4)c3)cs2)CC(C)O1. The van der Waals surface area contributed by atoms with E-state index in [9.17, 15) is 14.9 Å². The molecule has 3 aromatic rings. The lowest BCUT2D eigenvalue weighted by Gasteiger charge is -2.35. The second-order valence-corrected chi connectivity index (χ2v) is 8.35. The third-order valence-electron chi connectivity index (χ3n) is 4.94. The number of nitro benzene ring substituents is 1. The first-order chi connectivity index (χ1) is 14.9. The van der Waals surface area contributed by atoms with Crippen LogP contribution in [0.25, 0.3) is 11.3 Å². The van der Waals surface area contributed by atoms with Crippen molar-refractivity contribution < 1.29 is 14.5 Å². The maximum absolute atomic E-state index is 12.5. The molecule has 1 aromatic heterocycles. The topological polar surface area (TPSA) is 97.6 Å². The summed E-state index contributed by atoms with van der Waals surface area (Å²) in [7, 11) is 0. The number of carbonyl (C=O) groups excluding carboxylic acids is 1. The zero-order valence-corrected chi connectivity index (χ0v) is 18.0. The van der Waals surface area contributed by atoms with E-state index in [-0.39, 0.29) is 23.8 Å². The fraction of sp³-hybridized carbons (Fsp3) is 0.273. The quantitative estimate of drug-likeness (QED) is 0.462. The molecule has 4 rings (SSSR count). The molecule has 1 saturated heterocycles. The summed E-state index contributed by atoms with van der Waals surface area (Å²) in [4.78, 5) is 29.8. The molecular weight excluding hydrogens is 416 g/mol. The number of hydrogen-bond donors (Lipinski definition) is 1. The van der Waals surface area contributed by atoms with Crippen LogP contribution in [-0.2, 0) is 4.74 Å². The van der Waals surface area contributed by atoms with Crippen LogP contribution in [0.5, 0.6) is 0 Å². The summed E-state index contributed by atoms with van der Waals surface area (Å²) in [5, 5.41) is 16.6. The minimum Gasteiger partial charge on any atom is -0.372 e. The number of nitrogens with zero attached hydrogens (tertiary/aromatic N) is 3. The van der Waals surface area contributed by atoms with Crippen LogP contribution in [0, 0.1) is 10.1 Å². The van der Waals surface area contributed by atoms with Crippen LogP contribution in [0.3, 0.4) is 0 Å². The van der Waals surface area contributed by atoms with Crippen LogP contribution < -0.4 is 10.2 Å². The summed E-state index contributed by atoms with van der Waals surface area (Å²) in [5.41, 5.74) is 2.67. The summed E-state index contributed by atoms with van der Waals surface area (Å²) in [6, 6.07) is 13.0. The van der Waals surface area contributed by atoms with Crippen LogP contribution in [0.1, 0.15) is 24.2 Å². The van der Waals surface area contributed by atoms with Gasteiger partial charge in [-0.1, -0.05) is 12.1 Å². The Bertz CT molecular complexity index is 1090. The van der Waals surface area contributed by atoms with Crippen LogP contribution in [-0.4, -0.2) is 41.1 Å². The molecule has 2 aromatic carbocycles. The summed E-state index contributed by atoms with van der Waals surface area (Å²) in [5.74, 6) is -0.331. The minimum atomic E-state index is -0.495. The highest BCUT2D eigenvalue weighted by Gasteiger charge is 2.24. The lowest BCUT2D eigenvalue weighted by Crippen LogP contribution is -2.45. The molecule has 2 unspecified atom stereocenters. The molecular formula is C22H22N4O4S. The molecule has 0 radical (unpaired) electrons. The van der Waals surface area contributed by atoms with Gasteiger partial charge in [-0.05, 0) is 38.1 Å². The standard InChI is InChI=1S/C22H22N4O4S/c1-14-11-25(12-15(2)30-14)22-24-20(13-31-22)17-4-3-5-18(10-17)23-21(27)16-6-8-19(9-7-16)26(28)29/h3-10,13-15H,11-12H2,1-2H3,(H,23,27). The van der Waals surface area contributed by atoms with Gasteiger partial charge in [-0.3, -0.25) is 14.9 Å². The van der Waals surface area contributed by atoms with Crippen molar-refractivity contribution in [1.82, 2.24) is 4.98 Å². The highest BCUT2D eigenvalue weighted by molar-refractivity contribution is 7.14. The van der Waals surface area contributed by atoms with Crippen LogP contribution in [0.4, 0.5) is 16.5 Å². The van der Waals surface area contributed by atoms with Gasteiger partial charge < -0.3 is 15.0 Å². The van der Waals surface area contributed by atoms with Gasteiger partial charge in [-0.25, -0.2) is 4.98 Å². The Hall–Kier alpha value is -3.30. The van der Waals surface area contributed by atoms with Crippen LogP contribution in [0.2, 0.25) is 0 Å². The summed E-state index contributed by atoms with van der Waals surface area (Å²) < 4.78 is 5.80. The molecule has 2 atom stereocenters. The fourth-order valence-electron chi connectivity index (χ4n) is 3.57. The van der Waals surface area contributed by atoms with Gasteiger partial charge in [0.1, 0.15) is 0 Å². The Morgan fingerprint density at radius 1 is 1.19 bits per heavy atom. The number of carbonyl (C=O) groups is 1. The third kappa shape index (κ3) is 4.89. The van der Waals surface area contributed by atoms with Gasteiger partial charge in [-0.15, -0.1) is 11.3 Å². The van der Waals surface area contributed by atoms with E-state index >= 15 is 0 Å². The highest BCUT2D eigenvalue weighted by atomic mass is 32.1. The van der Waals surface area contributed by atoms with E-state index in [0.717, 1.165) is 29.5 Å². The van der Waals surface area contributed by atoms with Crippen molar-refractivity contribution in [3.05, 3.63) is 69.6 Å². The van der Waals surface area contributed by atoms with E-state index in [2.05, 4.69) is 24.1 Å². The largest absolute Gasteiger partial charge is 0.372 e. The smallest absolute Gasteiger partial charge is 0.269 e. The van der Waals surface area contributed by atoms with Gasteiger partial charge in [0.05, 0.1) is 22.8 Å². The van der Waals surface area contributed by atoms with Crippen molar-refractivity contribution in [1.29, 1.82) is 0 Å². The van der Waals surface area contributed by atoms with E-state index in [4.69, 9.17) is 9.72 Å². The normalized spacial score (nSPS) is 18.6. The number of hydrogen-bond acceptors (Lipinski definition) is 7. The number of nitrogens with one attached hydrogen (secondary N) is 1. The zero-order chi connectivity index (χ0) is 22.0. The van der Waals surface area contributed by atoms with Gasteiger partial charge >= 0.3 is 0 Å². The number of amides is 1. The predicted molar refractivity (Wildman–Crippen MR) is 121 cm³/mol. The molecule has 1 fully saturated rings. The molecule has 8 nitrogen and oxygen atoms in total. The Labute approximate surface area is 183 Å². The molecule has 31 heavy (non-hydrogen) atoms. The second-order valence-electron chi connectivity index (χ2n) is 7.52. The monoisotopic (exact) mass is 438 g/mol. The number of morpholine rings is 1. The number of nitro groups is 1. The second kappa shape index (κ2) is 8.83. The fourth-order valence-corrected chi connectivity index (χ4v) is 4.43. The van der Waals surface area contributed by atoms with E-state index in [1.165, 1.54) is 24.3 Å². The van der Waals surface area contributed by atoms with Gasteiger partial charge in [0.25, 0.3) is 11.6 Å². The number of benzene rings is 2. The first kappa shape index (κ1) is 21.0. The molecule has 160 valence electrons. The van der Waals surface area contributed by atoms with E-state index < -0.39 is 4.92 Å². The van der Waals surface area contributed by atoms with Gasteiger partial charge in [0, 0.05) is 47.4 Å². The van der Waals surface area contributed by atoms with Crippen molar-refractivity contribution in [2.75, 3.05) is 23.3 Å². The first-order valence-corrected chi connectivity index (χ1v) is 10.8. The molecule has 0 bridgehead atoms. The number of non-ortho nitro benzene ring substituents is 1. The Balaban J connectivity index is 1.48. The minimum absolute atomic E-state index is 0.0538. The average Bonchev–Trinajstić information content (AvgIpc) is 3.24. The van der Waals surface area contributed by atoms with Crippen molar-refractivity contribution in [2.45, 2.75) is 26.1 Å². The van der Waals surface area contributed by atoms with Gasteiger partial charge in [0.15, 0.2) is 5.13 Å². The molecule has 1 aliphatic heterocycles. The third-order valence-corrected chi connectivity index (χ3v) is 5.84. The molecule has 0 saturated carbocycles. The number of thiazole rings is 1. The summed E-state index contributed by atoms with van der Waals surface area (Å²) >= 11 is 1.59. The maximum Gasteiger partial charge on any atom is 0.269 e. The Kier molecular flexibility index (Phi) is 5.97. The van der Waals surface area contributed by atoms with Crippen molar-refractivity contribution in [3.8, 4) is 11.3 Å². The zero-order valence-electron chi connectivity index (χ0n) is 17.1. The van der Waals surface area contributed by atoms with Crippen molar-refractivity contribution in [3.63, 3.8) is 0 Å². The van der Waals surface area contributed by atoms with Crippen LogP contribution >= 0.6 is 11.3 Å². The summed E-state index contributed by atoms with van der Waals surface area (Å²) in [6.45, 7) is 5.74. The number of anilines is 2. The summed E-state index contributed by atoms with van der Waals surface area (Å²) in [6.07, 6.45) is 0.322. The lowest BCUT2D eigenvalue weighted by atomic mass is 10.1. The first-order valence-electron chi connectivity index (χ1n) is 9.91. The van der Waals surface area contributed by atoms with Crippen molar-refractivity contribution >= 4 is 33.8 Å². The lowest BCUT2D eigenvalue weighted by molar-refractivity contribution is -0.384. The maximum atomic E-state index is 12.5. The Morgan fingerprint density at radius 3 is 2.58 bits per heavy atom. The predicted octanol–water partition coefficient (Wildman–Crippen LogP) is 4.58. The molecule has 0 spiro atoms. The molecule has 1 amide bonds. The molecule has 0 aliphatic carbocycles. The molecule has 9 heteroatoms. The Morgan fingerprint density at radius 2 is 1.90 bits per heavy atom. The van der Waals surface area contributed by atoms with Gasteiger partial charge in [0.2, 0.25) is 0 Å². The molecule has 1 aliphatic rings. The number of ether oxygens (including phenoxy) is 1.